The van der Waals surface area contributed by atoms with Gasteiger partial charge in [0.15, 0.2) is 0 Å². The van der Waals surface area contributed by atoms with E-state index in [-0.39, 0.29) is 0 Å². The third-order valence-electron chi connectivity index (χ3n) is 1.97. The predicted octanol–water partition coefficient (Wildman–Crippen LogP) is 2.53. The molecule has 2 aromatic rings. The lowest BCUT2D eigenvalue weighted by atomic mass is 10.1. The van der Waals surface area contributed by atoms with Gasteiger partial charge in [-0.25, -0.2) is 9.97 Å². The first-order valence-corrected chi connectivity index (χ1v) is 5.42. The summed E-state index contributed by atoms with van der Waals surface area (Å²) in [7, 11) is 0. The summed E-state index contributed by atoms with van der Waals surface area (Å²) < 4.78 is 0.828. The molecule has 0 bridgehead atoms. The van der Waals surface area contributed by atoms with Crippen LogP contribution in [0.4, 0.5) is 0 Å². The largest absolute Gasteiger partial charge is 0.264 e. The second-order valence-electron chi connectivity index (χ2n) is 3.27. The quantitative estimate of drug-likeness (QED) is 0.782. The predicted molar refractivity (Wildman–Crippen MR) is 61.5 cm³/mol. The molecule has 15 heavy (non-hydrogen) atoms. The molecule has 0 radical (unpaired) electrons. The van der Waals surface area contributed by atoms with Crippen molar-refractivity contribution in [3.63, 3.8) is 0 Å². The summed E-state index contributed by atoms with van der Waals surface area (Å²) in [6.07, 6.45) is 4.41. The van der Waals surface area contributed by atoms with Crippen LogP contribution in [-0.4, -0.2) is 15.0 Å². The molecule has 0 N–H and O–H groups in total. The molecule has 0 saturated carbocycles. The number of hydrogen-bond acceptors (Lipinski definition) is 3. The molecule has 0 aliphatic rings. The number of rotatable bonds is 2. The van der Waals surface area contributed by atoms with Gasteiger partial charge in [0.2, 0.25) is 0 Å². The first kappa shape index (κ1) is 10.2. The molecule has 2 aromatic heterocycles. The van der Waals surface area contributed by atoms with Gasteiger partial charge in [-0.3, -0.25) is 4.98 Å². The molecule has 0 spiro atoms. The first-order chi connectivity index (χ1) is 7.24. The van der Waals surface area contributed by atoms with Crippen LogP contribution in [0.5, 0.6) is 0 Å². The van der Waals surface area contributed by atoms with Crippen LogP contribution in [0.2, 0.25) is 0 Å². The van der Waals surface area contributed by atoms with Crippen LogP contribution in [-0.2, 0) is 6.42 Å². The Morgan fingerprint density at radius 1 is 1.33 bits per heavy atom. The van der Waals surface area contributed by atoms with Gasteiger partial charge in [-0.1, -0.05) is 6.07 Å². The molecule has 0 aliphatic carbocycles. The zero-order valence-electron chi connectivity index (χ0n) is 8.31. The number of aromatic nitrogens is 3. The molecule has 2 heterocycles. The molecular weight excluding hydrogens is 254 g/mol. The lowest BCUT2D eigenvalue weighted by molar-refractivity contribution is 0.951. The third-order valence-corrected chi connectivity index (χ3v) is 2.37. The van der Waals surface area contributed by atoms with Crippen LogP contribution in [0.15, 0.2) is 35.2 Å². The average Bonchev–Trinajstić information content (AvgIpc) is 2.17. The number of hydrogen-bond donors (Lipinski definition) is 0. The lowest BCUT2D eigenvalue weighted by Gasteiger charge is -2.02. The average molecular weight is 264 g/mol. The highest BCUT2D eigenvalue weighted by molar-refractivity contribution is 9.10. The van der Waals surface area contributed by atoms with E-state index in [0.717, 1.165) is 28.1 Å². The van der Waals surface area contributed by atoms with E-state index in [4.69, 9.17) is 0 Å². The maximum Gasteiger partial charge on any atom is 0.126 e. The van der Waals surface area contributed by atoms with Crippen molar-refractivity contribution in [2.75, 3.05) is 0 Å². The number of aryl methyl sites for hydroxylation is 1. The molecule has 76 valence electrons. The summed E-state index contributed by atoms with van der Waals surface area (Å²) in [6.45, 7) is 1.89. The van der Waals surface area contributed by atoms with Crippen molar-refractivity contribution >= 4 is 15.9 Å². The topological polar surface area (TPSA) is 38.7 Å². The standard InChI is InChI=1S/C11H10BrN3/c1-8-14-10(6-11(12)15-8)5-9-3-2-4-13-7-9/h2-4,6-7H,5H2,1H3. The highest BCUT2D eigenvalue weighted by atomic mass is 79.9. The van der Waals surface area contributed by atoms with Crippen molar-refractivity contribution in [3.05, 3.63) is 52.3 Å². The van der Waals surface area contributed by atoms with Crippen molar-refractivity contribution in [1.82, 2.24) is 15.0 Å². The van der Waals surface area contributed by atoms with Gasteiger partial charge >= 0.3 is 0 Å². The SMILES string of the molecule is Cc1nc(Br)cc(Cc2cccnc2)n1. The van der Waals surface area contributed by atoms with Crippen molar-refractivity contribution in [2.45, 2.75) is 13.3 Å². The Kier molecular flexibility index (Phi) is 3.06. The summed E-state index contributed by atoms with van der Waals surface area (Å²) in [6, 6.07) is 5.90. The van der Waals surface area contributed by atoms with E-state index < -0.39 is 0 Å². The van der Waals surface area contributed by atoms with E-state index in [1.165, 1.54) is 0 Å². The van der Waals surface area contributed by atoms with Gasteiger partial charge in [0, 0.05) is 24.5 Å². The van der Waals surface area contributed by atoms with E-state index in [2.05, 4.69) is 30.9 Å². The lowest BCUT2D eigenvalue weighted by Crippen LogP contribution is -1.97. The highest BCUT2D eigenvalue weighted by Gasteiger charge is 2.01. The van der Waals surface area contributed by atoms with Gasteiger partial charge in [0.25, 0.3) is 0 Å². The van der Waals surface area contributed by atoms with Crippen molar-refractivity contribution in [3.8, 4) is 0 Å². The summed E-state index contributed by atoms with van der Waals surface area (Å²) in [5.41, 5.74) is 2.16. The first-order valence-electron chi connectivity index (χ1n) is 4.63. The van der Waals surface area contributed by atoms with Crippen molar-refractivity contribution in [2.24, 2.45) is 0 Å². The van der Waals surface area contributed by atoms with Gasteiger partial charge in [0.05, 0.1) is 0 Å². The Hall–Kier alpha value is -1.29. The third kappa shape index (κ3) is 2.83. The minimum Gasteiger partial charge on any atom is -0.264 e. The molecule has 3 nitrogen and oxygen atoms in total. The van der Waals surface area contributed by atoms with Crippen LogP contribution in [0.25, 0.3) is 0 Å². The van der Waals surface area contributed by atoms with Gasteiger partial charge in [-0.05, 0) is 40.5 Å². The van der Waals surface area contributed by atoms with E-state index in [9.17, 15) is 0 Å². The van der Waals surface area contributed by atoms with Crippen LogP contribution in [0.1, 0.15) is 17.1 Å². The van der Waals surface area contributed by atoms with Gasteiger partial charge in [-0.15, -0.1) is 0 Å². The van der Waals surface area contributed by atoms with Gasteiger partial charge < -0.3 is 0 Å². The molecular formula is C11H10BrN3. The van der Waals surface area contributed by atoms with Crippen LogP contribution < -0.4 is 0 Å². The van der Waals surface area contributed by atoms with E-state index in [1.807, 2.05) is 31.3 Å². The summed E-state index contributed by atoms with van der Waals surface area (Å²) in [5, 5.41) is 0. The van der Waals surface area contributed by atoms with Gasteiger partial charge in [-0.2, -0.15) is 0 Å². The summed E-state index contributed by atoms with van der Waals surface area (Å²) >= 11 is 3.36. The minimum absolute atomic E-state index is 0.781. The highest BCUT2D eigenvalue weighted by Crippen LogP contribution is 2.11. The normalized spacial score (nSPS) is 10.3. The van der Waals surface area contributed by atoms with E-state index in [1.54, 1.807) is 6.20 Å². The van der Waals surface area contributed by atoms with Crippen LogP contribution in [0, 0.1) is 6.92 Å². The fourth-order valence-electron chi connectivity index (χ4n) is 1.39. The van der Waals surface area contributed by atoms with E-state index >= 15 is 0 Å². The Morgan fingerprint density at radius 2 is 2.20 bits per heavy atom. The molecule has 0 atom stereocenters. The molecule has 2 rings (SSSR count). The molecule has 4 heteroatoms. The maximum absolute atomic E-state index is 4.36. The second kappa shape index (κ2) is 4.49. The van der Waals surface area contributed by atoms with Crippen LogP contribution in [0.3, 0.4) is 0 Å². The number of pyridine rings is 1. The molecule has 0 fully saturated rings. The monoisotopic (exact) mass is 263 g/mol. The Bertz CT molecular complexity index is 436. The fourth-order valence-corrected chi connectivity index (χ4v) is 1.91. The number of nitrogens with zero attached hydrogens (tertiary/aromatic N) is 3. The smallest absolute Gasteiger partial charge is 0.126 e. The van der Waals surface area contributed by atoms with Crippen LogP contribution >= 0.6 is 15.9 Å². The summed E-state index contributed by atoms with van der Waals surface area (Å²) in [5.74, 6) is 0.781. The zero-order chi connectivity index (χ0) is 10.7. The number of halogens is 1. The second-order valence-corrected chi connectivity index (χ2v) is 4.08. The van der Waals surface area contributed by atoms with Gasteiger partial charge in [0.1, 0.15) is 10.4 Å². The van der Waals surface area contributed by atoms with Crippen molar-refractivity contribution < 1.29 is 0 Å². The minimum atomic E-state index is 0.781. The molecule has 0 aromatic carbocycles. The Labute approximate surface area is 96.7 Å². The molecule has 0 saturated heterocycles. The Balaban J connectivity index is 2.25. The Morgan fingerprint density at radius 3 is 2.87 bits per heavy atom. The zero-order valence-corrected chi connectivity index (χ0v) is 9.90. The molecule has 0 amide bonds. The van der Waals surface area contributed by atoms with Crippen molar-refractivity contribution in [1.29, 1.82) is 0 Å². The van der Waals surface area contributed by atoms with E-state index in [0.29, 0.717) is 0 Å². The fraction of sp³-hybridized carbons (Fsp3) is 0.182. The summed E-state index contributed by atoms with van der Waals surface area (Å²) in [4.78, 5) is 12.6. The molecule has 0 unspecified atom stereocenters. The maximum atomic E-state index is 4.36. The molecule has 0 aliphatic heterocycles.